The number of ether oxygens (including phenoxy) is 1. The van der Waals surface area contributed by atoms with Gasteiger partial charge in [0.15, 0.2) is 11.4 Å². The minimum Gasteiger partial charge on any atom is -0.497 e. The van der Waals surface area contributed by atoms with E-state index in [0.29, 0.717) is 5.75 Å². The van der Waals surface area contributed by atoms with Gasteiger partial charge in [0.25, 0.3) is 5.91 Å². The van der Waals surface area contributed by atoms with Crippen LogP contribution in [-0.2, 0) is 0 Å². The van der Waals surface area contributed by atoms with Crippen LogP contribution in [0.2, 0.25) is 0 Å². The molecule has 1 heterocycles. The number of nitrogens with zero attached hydrogens (tertiary/aromatic N) is 1. The minimum absolute atomic E-state index is 0.141. The zero-order valence-corrected chi connectivity index (χ0v) is 11.6. The van der Waals surface area contributed by atoms with Crippen LogP contribution in [0.25, 0.3) is 0 Å². The van der Waals surface area contributed by atoms with Gasteiger partial charge >= 0.3 is 5.97 Å². The van der Waals surface area contributed by atoms with Gasteiger partial charge in [-0.25, -0.2) is 9.78 Å². The number of carboxylic acid groups (broad SMARTS) is 1. The number of carbonyl (C=O) groups is 2. The molecule has 0 spiro atoms. The summed E-state index contributed by atoms with van der Waals surface area (Å²) in [6.07, 6.45) is 1.18. The Morgan fingerprint density at radius 2 is 2.19 bits per heavy atom. The van der Waals surface area contributed by atoms with E-state index in [1.54, 1.807) is 26.2 Å². The Balaban J connectivity index is 2.15. The first-order valence-electron chi connectivity index (χ1n) is 6.24. The van der Waals surface area contributed by atoms with Gasteiger partial charge in [-0.2, -0.15) is 0 Å². The number of hydrogen-bond donors (Lipinski definition) is 3. The van der Waals surface area contributed by atoms with Crippen molar-refractivity contribution in [3.8, 4) is 5.75 Å². The fourth-order valence-electron chi connectivity index (χ4n) is 1.89. The molecule has 0 aliphatic carbocycles. The highest BCUT2D eigenvalue weighted by Crippen LogP contribution is 2.19. The normalized spacial score (nSPS) is 11.7. The van der Waals surface area contributed by atoms with Gasteiger partial charge in [-0.05, 0) is 24.6 Å². The summed E-state index contributed by atoms with van der Waals surface area (Å²) in [6.45, 7) is 1.79. The molecule has 0 fully saturated rings. The number of methoxy groups -OCH3 is 1. The number of aromatic nitrogens is 2. The van der Waals surface area contributed by atoms with Crippen molar-refractivity contribution in [3.05, 3.63) is 47.5 Å². The van der Waals surface area contributed by atoms with E-state index in [1.165, 1.54) is 6.33 Å². The molecule has 0 aliphatic heterocycles. The van der Waals surface area contributed by atoms with E-state index in [4.69, 9.17) is 9.84 Å². The fraction of sp³-hybridized carbons (Fsp3) is 0.214. The Hall–Kier alpha value is -2.83. The first-order chi connectivity index (χ1) is 10.0. The Morgan fingerprint density at radius 3 is 2.86 bits per heavy atom. The van der Waals surface area contributed by atoms with Gasteiger partial charge in [-0.3, -0.25) is 4.79 Å². The lowest BCUT2D eigenvalue weighted by atomic mass is 10.1. The molecular weight excluding hydrogens is 274 g/mol. The van der Waals surface area contributed by atoms with E-state index in [1.807, 2.05) is 12.1 Å². The van der Waals surface area contributed by atoms with Crippen LogP contribution in [0, 0.1) is 0 Å². The van der Waals surface area contributed by atoms with Gasteiger partial charge in [0.05, 0.1) is 19.5 Å². The molecule has 0 aliphatic rings. The number of imidazole rings is 1. The molecule has 3 N–H and O–H groups in total. The largest absolute Gasteiger partial charge is 0.497 e. The second kappa shape index (κ2) is 6.08. The minimum atomic E-state index is -1.23. The first kappa shape index (κ1) is 14.6. The van der Waals surface area contributed by atoms with Crippen molar-refractivity contribution in [1.82, 2.24) is 15.3 Å². The maximum atomic E-state index is 12.1. The highest BCUT2D eigenvalue weighted by Gasteiger charge is 2.21. The van der Waals surface area contributed by atoms with Crippen LogP contribution in [0.5, 0.6) is 5.75 Å². The van der Waals surface area contributed by atoms with Crippen molar-refractivity contribution in [2.75, 3.05) is 7.11 Å². The summed E-state index contributed by atoms with van der Waals surface area (Å²) >= 11 is 0. The molecule has 0 unspecified atom stereocenters. The lowest BCUT2D eigenvalue weighted by Crippen LogP contribution is -2.28. The van der Waals surface area contributed by atoms with E-state index in [-0.39, 0.29) is 17.4 Å². The molecule has 1 amide bonds. The molecule has 7 heteroatoms. The van der Waals surface area contributed by atoms with Gasteiger partial charge < -0.3 is 20.1 Å². The molecule has 0 bridgehead atoms. The number of rotatable bonds is 5. The van der Waals surface area contributed by atoms with Crippen LogP contribution < -0.4 is 10.1 Å². The molecule has 0 radical (unpaired) electrons. The van der Waals surface area contributed by atoms with Gasteiger partial charge in [0, 0.05) is 0 Å². The quantitative estimate of drug-likeness (QED) is 0.775. The number of aromatic amines is 1. The highest BCUT2D eigenvalue weighted by atomic mass is 16.5. The number of aromatic carboxylic acids is 1. The van der Waals surface area contributed by atoms with E-state index < -0.39 is 11.9 Å². The van der Waals surface area contributed by atoms with Crippen LogP contribution in [0.4, 0.5) is 0 Å². The summed E-state index contributed by atoms with van der Waals surface area (Å²) in [5.74, 6) is -1.10. The molecule has 2 aromatic rings. The number of nitrogens with one attached hydrogen (secondary N) is 2. The first-order valence-corrected chi connectivity index (χ1v) is 6.24. The van der Waals surface area contributed by atoms with Crippen LogP contribution >= 0.6 is 0 Å². The van der Waals surface area contributed by atoms with Crippen molar-refractivity contribution in [1.29, 1.82) is 0 Å². The van der Waals surface area contributed by atoms with E-state index in [0.717, 1.165) is 5.56 Å². The topological polar surface area (TPSA) is 104 Å². The second-order valence-electron chi connectivity index (χ2n) is 4.40. The standard InChI is InChI=1S/C14H15N3O4/c1-8(9-4-3-5-10(6-9)21-2)17-13(18)11-12(14(19)20)16-7-15-11/h3-8H,1-2H3,(H,15,16)(H,17,18)(H,19,20)/t8-/m0/s1. The molecule has 110 valence electrons. The SMILES string of the molecule is COc1cccc([C@H](C)NC(=O)c2nc[nH]c2C(=O)O)c1. The van der Waals surface area contributed by atoms with Crippen molar-refractivity contribution in [2.45, 2.75) is 13.0 Å². The van der Waals surface area contributed by atoms with Crippen LogP contribution in [-0.4, -0.2) is 34.1 Å². The number of benzene rings is 1. The van der Waals surface area contributed by atoms with Crippen LogP contribution in [0.15, 0.2) is 30.6 Å². The number of carboxylic acids is 1. The molecule has 0 saturated carbocycles. The van der Waals surface area contributed by atoms with Crippen molar-refractivity contribution in [3.63, 3.8) is 0 Å². The molecule has 1 aromatic heterocycles. The molecule has 1 aromatic carbocycles. The predicted molar refractivity (Wildman–Crippen MR) is 74.4 cm³/mol. The fourth-order valence-corrected chi connectivity index (χ4v) is 1.89. The Kier molecular flexibility index (Phi) is 4.22. The molecule has 2 rings (SSSR count). The van der Waals surface area contributed by atoms with Crippen LogP contribution in [0.3, 0.4) is 0 Å². The number of H-pyrrole nitrogens is 1. The van der Waals surface area contributed by atoms with Crippen molar-refractivity contribution in [2.24, 2.45) is 0 Å². The molecule has 7 nitrogen and oxygen atoms in total. The Labute approximate surface area is 121 Å². The predicted octanol–water partition coefficient (Wildman–Crippen LogP) is 1.61. The Bertz CT molecular complexity index is 666. The number of amides is 1. The third-order valence-corrected chi connectivity index (χ3v) is 3.01. The summed E-state index contributed by atoms with van der Waals surface area (Å²) < 4.78 is 5.13. The molecular formula is C14H15N3O4. The Morgan fingerprint density at radius 1 is 1.43 bits per heavy atom. The van der Waals surface area contributed by atoms with Gasteiger partial charge in [0.1, 0.15) is 5.75 Å². The summed E-state index contributed by atoms with van der Waals surface area (Å²) in [7, 11) is 1.56. The van der Waals surface area contributed by atoms with E-state index in [2.05, 4.69) is 15.3 Å². The average Bonchev–Trinajstić information content (AvgIpc) is 2.97. The molecule has 0 saturated heterocycles. The summed E-state index contributed by atoms with van der Waals surface area (Å²) in [6, 6.07) is 6.94. The van der Waals surface area contributed by atoms with E-state index >= 15 is 0 Å². The number of carbonyl (C=O) groups excluding carboxylic acids is 1. The summed E-state index contributed by atoms with van der Waals surface area (Å²) in [5.41, 5.74) is 0.470. The van der Waals surface area contributed by atoms with Crippen molar-refractivity contribution >= 4 is 11.9 Å². The third-order valence-electron chi connectivity index (χ3n) is 3.01. The monoisotopic (exact) mass is 289 g/mol. The molecule has 21 heavy (non-hydrogen) atoms. The smallest absolute Gasteiger partial charge is 0.354 e. The zero-order valence-electron chi connectivity index (χ0n) is 11.6. The lowest BCUT2D eigenvalue weighted by Gasteiger charge is -2.14. The van der Waals surface area contributed by atoms with Gasteiger partial charge in [-0.15, -0.1) is 0 Å². The zero-order chi connectivity index (χ0) is 15.4. The summed E-state index contributed by atoms with van der Waals surface area (Å²) in [5, 5.41) is 11.7. The van der Waals surface area contributed by atoms with Crippen LogP contribution in [0.1, 0.15) is 39.5 Å². The highest BCUT2D eigenvalue weighted by molar-refractivity contribution is 6.02. The number of hydrogen-bond acceptors (Lipinski definition) is 4. The second-order valence-corrected chi connectivity index (χ2v) is 4.40. The maximum absolute atomic E-state index is 12.1. The van der Waals surface area contributed by atoms with Crippen molar-refractivity contribution < 1.29 is 19.4 Å². The summed E-state index contributed by atoms with van der Waals surface area (Å²) in [4.78, 5) is 29.2. The maximum Gasteiger partial charge on any atom is 0.354 e. The lowest BCUT2D eigenvalue weighted by molar-refractivity contribution is 0.0684. The van der Waals surface area contributed by atoms with E-state index in [9.17, 15) is 9.59 Å². The van der Waals surface area contributed by atoms with Gasteiger partial charge in [0.2, 0.25) is 0 Å². The third kappa shape index (κ3) is 3.19. The van der Waals surface area contributed by atoms with Gasteiger partial charge in [-0.1, -0.05) is 12.1 Å². The molecule has 1 atom stereocenters. The average molecular weight is 289 g/mol.